The van der Waals surface area contributed by atoms with Crippen LogP contribution in [0, 0.1) is 23.7 Å². The number of amides is 4. The fourth-order valence-electron chi connectivity index (χ4n) is 5.35. The van der Waals surface area contributed by atoms with E-state index in [4.69, 9.17) is 0 Å². The molecule has 1 heterocycles. The smallest absolute Gasteiger partial charge is 0.245 e. The van der Waals surface area contributed by atoms with E-state index in [1.165, 1.54) is 4.90 Å². The van der Waals surface area contributed by atoms with Crippen molar-refractivity contribution in [1.82, 2.24) is 31.2 Å². The number of para-hydroxylation sites is 1. The molecular weight excluding hydrogens is 532 g/mol. The summed E-state index contributed by atoms with van der Waals surface area (Å²) >= 11 is 0. The van der Waals surface area contributed by atoms with Gasteiger partial charge in [0.25, 0.3) is 0 Å². The average Bonchev–Trinajstić information content (AvgIpc) is 3.32. The number of aromatic amines is 1. The van der Waals surface area contributed by atoms with Crippen LogP contribution in [-0.2, 0) is 25.6 Å². The van der Waals surface area contributed by atoms with Crippen LogP contribution < -0.4 is 21.3 Å². The molecule has 234 valence electrons. The van der Waals surface area contributed by atoms with Crippen molar-refractivity contribution < 1.29 is 19.2 Å². The summed E-state index contributed by atoms with van der Waals surface area (Å²) in [6.07, 6.45) is 2.60. The lowest BCUT2D eigenvalue weighted by Gasteiger charge is -2.35. The van der Waals surface area contributed by atoms with E-state index in [0.717, 1.165) is 16.5 Å². The predicted molar refractivity (Wildman–Crippen MR) is 168 cm³/mol. The summed E-state index contributed by atoms with van der Waals surface area (Å²) < 4.78 is 0. The molecule has 42 heavy (non-hydrogen) atoms. The molecule has 0 saturated carbocycles. The Balaban J connectivity index is 2.12. The number of nitrogens with one attached hydrogen (secondary N) is 5. The first-order valence-corrected chi connectivity index (χ1v) is 15.1. The fourth-order valence-corrected chi connectivity index (χ4v) is 5.35. The van der Waals surface area contributed by atoms with E-state index in [1.54, 1.807) is 14.1 Å². The maximum atomic E-state index is 13.8. The lowest BCUT2D eigenvalue weighted by Crippen LogP contribution is -2.61. The highest BCUT2D eigenvalue weighted by Crippen LogP contribution is 2.18. The molecular formula is C32H52N6O4. The van der Waals surface area contributed by atoms with Crippen LogP contribution in [0.1, 0.15) is 61.0 Å². The molecule has 0 spiro atoms. The van der Waals surface area contributed by atoms with Crippen LogP contribution in [0.25, 0.3) is 10.9 Å². The zero-order valence-electron chi connectivity index (χ0n) is 27.0. The first-order chi connectivity index (χ1) is 19.7. The van der Waals surface area contributed by atoms with Gasteiger partial charge >= 0.3 is 0 Å². The molecule has 0 aliphatic rings. The third kappa shape index (κ3) is 8.80. The molecule has 0 unspecified atom stereocenters. The van der Waals surface area contributed by atoms with Gasteiger partial charge in [-0.15, -0.1) is 0 Å². The minimum Gasteiger partial charge on any atom is -0.361 e. The van der Waals surface area contributed by atoms with Crippen molar-refractivity contribution in [2.75, 3.05) is 20.6 Å². The van der Waals surface area contributed by atoms with Gasteiger partial charge in [0.2, 0.25) is 23.6 Å². The van der Waals surface area contributed by atoms with Crippen molar-refractivity contribution in [3.8, 4) is 0 Å². The first-order valence-electron chi connectivity index (χ1n) is 15.1. The van der Waals surface area contributed by atoms with E-state index in [2.05, 4.69) is 26.3 Å². The standard InChI is InChI=1S/C32H52N6O4/c1-18(2)25(33-9)29(39)36-26(19(3)4)30(40)37-27(20(5)6)32(42)38(10)28(21(7)8)31(41)34-16-15-22-17-35-24-14-12-11-13-23(22)24/h11-14,17-21,25-28,33,35H,15-16H2,1-10H3,(H,34,41)(H,36,39)(H,37,40)/t25-,26-,27-,28-/m1/s1. The van der Waals surface area contributed by atoms with Crippen LogP contribution in [0.3, 0.4) is 0 Å². The molecule has 0 aliphatic heterocycles. The van der Waals surface area contributed by atoms with Crippen molar-refractivity contribution in [3.05, 3.63) is 36.0 Å². The monoisotopic (exact) mass is 584 g/mol. The van der Waals surface area contributed by atoms with E-state index in [-0.39, 0.29) is 41.4 Å². The van der Waals surface area contributed by atoms with Gasteiger partial charge in [-0.1, -0.05) is 73.6 Å². The SMILES string of the molecule is CN[C@@H](C(=O)N[C@@H](C(=O)N[C@@H](C(=O)N(C)[C@@H](C(=O)NCCc1c[nH]c2ccccc12)C(C)C)C(C)C)C(C)C)C(C)C. The average molecular weight is 585 g/mol. The number of likely N-dealkylation sites (N-methyl/N-ethyl adjacent to an activating group) is 2. The molecule has 4 atom stereocenters. The minimum absolute atomic E-state index is 0.0333. The molecule has 2 aromatic rings. The molecule has 10 nitrogen and oxygen atoms in total. The van der Waals surface area contributed by atoms with Crippen LogP contribution in [0.5, 0.6) is 0 Å². The zero-order valence-corrected chi connectivity index (χ0v) is 27.0. The molecule has 0 saturated heterocycles. The normalized spacial score (nSPS) is 14.6. The molecule has 5 N–H and O–H groups in total. The molecule has 0 bridgehead atoms. The fraction of sp³-hybridized carbons (Fsp3) is 0.625. The van der Waals surface area contributed by atoms with Crippen LogP contribution in [0.4, 0.5) is 0 Å². The molecule has 1 aromatic carbocycles. The maximum Gasteiger partial charge on any atom is 0.245 e. The quantitative estimate of drug-likeness (QED) is 0.219. The van der Waals surface area contributed by atoms with Crippen molar-refractivity contribution in [1.29, 1.82) is 0 Å². The number of benzene rings is 1. The lowest BCUT2D eigenvalue weighted by molar-refractivity contribution is -0.144. The van der Waals surface area contributed by atoms with Gasteiger partial charge < -0.3 is 31.2 Å². The Hall–Kier alpha value is -3.40. The number of carbonyl (C=O) groups is 4. The number of hydrogen-bond donors (Lipinski definition) is 5. The van der Waals surface area contributed by atoms with Gasteiger partial charge in [-0.25, -0.2) is 0 Å². The van der Waals surface area contributed by atoms with Crippen molar-refractivity contribution >= 4 is 34.5 Å². The molecule has 10 heteroatoms. The van der Waals surface area contributed by atoms with Gasteiger partial charge in [-0.2, -0.15) is 0 Å². The number of hydrogen-bond acceptors (Lipinski definition) is 5. The topological polar surface area (TPSA) is 135 Å². The largest absolute Gasteiger partial charge is 0.361 e. The summed E-state index contributed by atoms with van der Waals surface area (Å²) in [5.74, 6) is -1.87. The van der Waals surface area contributed by atoms with Crippen molar-refractivity contribution in [2.24, 2.45) is 23.7 Å². The molecule has 2 rings (SSSR count). The molecule has 4 amide bonds. The summed E-state index contributed by atoms with van der Waals surface area (Å²) in [6, 6.07) is 5.16. The number of fused-ring (bicyclic) bond motifs is 1. The third-order valence-corrected chi connectivity index (χ3v) is 7.77. The summed E-state index contributed by atoms with van der Waals surface area (Å²) in [7, 11) is 3.32. The van der Waals surface area contributed by atoms with Gasteiger partial charge in [0.15, 0.2) is 0 Å². The summed E-state index contributed by atoms with van der Waals surface area (Å²) in [4.78, 5) is 58.1. The minimum atomic E-state index is -0.869. The van der Waals surface area contributed by atoms with E-state index >= 15 is 0 Å². The van der Waals surface area contributed by atoms with E-state index in [1.807, 2.05) is 85.9 Å². The van der Waals surface area contributed by atoms with Crippen LogP contribution in [0.2, 0.25) is 0 Å². The Morgan fingerprint density at radius 3 is 1.86 bits per heavy atom. The number of rotatable bonds is 15. The van der Waals surface area contributed by atoms with Crippen LogP contribution in [0.15, 0.2) is 30.5 Å². The Labute approximate surface area is 251 Å². The summed E-state index contributed by atoms with van der Waals surface area (Å²) in [6.45, 7) is 15.5. The van der Waals surface area contributed by atoms with Gasteiger partial charge in [0, 0.05) is 30.7 Å². The predicted octanol–water partition coefficient (Wildman–Crippen LogP) is 2.84. The van der Waals surface area contributed by atoms with E-state index in [9.17, 15) is 19.2 Å². The van der Waals surface area contributed by atoms with Gasteiger partial charge in [0.1, 0.15) is 18.1 Å². The number of nitrogens with zero attached hydrogens (tertiary/aromatic N) is 1. The Kier molecular flexibility index (Phi) is 13.0. The van der Waals surface area contributed by atoms with Gasteiger partial charge in [0.05, 0.1) is 6.04 Å². The highest BCUT2D eigenvalue weighted by Gasteiger charge is 2.37. The molecule has 0 radical (unpaired) electrons. The second-order valence-electron chi connectivity index (χ2n) is 12.5. The molecule has 0 aliphatic carbocycles. The van der Waals surface area contributed by atoms with E-state index in [0.29, 0.717) is 13.0 Å². The van der Waals surface area contributed by atoms with Crippen molar-refractivity contribution in [3.63, 3.8) is 0 Å². The highest BCUT2D eigenvalue weighted by atomic mass is 16.2. The zero-order chi connectivity index (χ0) is 31.7. The van der Waals surface area contributed by atoms with Crippen LogP contribution in [-0.4, -0.2) is 78.3 Å². The second-order valence-corrected chi connectivity index (χ2v) is 12.5. The number of aromatic nitrogens is 1. The van der Waals surface area contributed by atoms with Crippen LogP contribution >= 0.6 is 0 Å². The Bertz CT molecular complexity index is 1200. The number of H-pyrrole nitrogens is 1. The molecule has 1 aromatic heterocycles. The molecule has 0 fully saturated rings. The second kappa shape index (κ2) is 15.7. The number of carbonyl (C=O) groups excluding carboxylic acids is 4. The Morgan fingerprint density at radius 2 is 1.31 bits per heavy atom. The van der Waals surface area contributed by atoms with Gasteiger partial charge in [-0.05, 0) is 48.8 Å². The third-order valence-electron chi connectivity index (χ3n) is 7.77. The highest BCUT2D eigenvalue weighted by molar-refractivity contribution is 5.95. The lowest BCUT2D eigenvalue weighted by atomic mass is 9.96. The van der Waals surface area contributed by atoms with Gasteiger partial charge in [-0.3, -0.25) is 19.2 Å². The maximum absolute atomic E-state index is 13.8. The summed E-state index contributed by atoms with van der Waals surface area (Å²) in [5, 5.41) is 12.9. The summed E-state index contributed by atoms with van der Waals surface area (Å²) in [5.41, 5.74) is 2.16. The first kappa shape index (κ1) is 34.8. The van der Waals surface area contributed by atoms with E-state index < -0.39 is 30.1 Å². The Morgan fingerprint density at radius 1 is 0.762 bits per heavy atom. The van der Waals surface area contributed by atoms with Crippen molar-refractivity contribution in [2.45, 2.75) is 86.0 Å².